The number of aromatic nitrogens is 2. The van der Waals surface area contributed by atoms with Crippen molar-refractivity contribution in [1.82, 2.24) is 14.9 Å². The number of carbonyl (C=O) groups excluding carboxylic acids is 2. The van der Waals surface area contributed by atoms with E-state index in [1.165, 1.54) is 6.26 Å². The van der Waals surface area contributed by atoms with Gasteiger partial charge >= 0.3 is 0 Å². The highest BCUT2D eigenvalue weighted by Crippen LogP contribution is 2.30. The summed E-state index contributed by atoms with van der Waals surface area (Å²) in [6, 6.07) is 3.40. The second-order valence-corrected chi connectivity index (χ2v) is 7.42. The Hall–Kier alpha value is -2.90. The van der Waals surface area contributed by atoms with Crippen LogP contribution in [0.15, 0.2) is 22.8 Å². The van der Waals surface area contributed by atoms with Crippen molar-refractivity contribution in [2.75, 3.05) is 42.9 Å². The van der Waals surface area contributed by atoms with Gasteiger partial charge in [-0.25, -0.2) is 4.98 Å². The van der Waals surface area contributed by atoms with Crippen molar-refractivity contribution in [3.05, 3.63) is 35.4 Å². The second kappa shape index (κ2) is 7.61. The van der Waals surface area contributed by atoms with Gasteiger partial charge in [-0.2, -0.15) is 4.98 Å². The fourth-order valence-electron chi connectivity index (χ4n) is 3.86. The van der Waals surface area contributed by atoms with Gasteiger partial charge in [0.25, 0.3) is 5.91 Å². The van der Waals surface area contributed by atoms with Gasteiger partial charge in [-0.3, -0.25) is 9.59 Å². The topological polar surface area (TPSA) is 91.6 Å². The molecule has 2 aromatic heterocycles. The van der Waals surface area contributed by atoms with E-state index in [1.54, 1.807) is 17.0 Å². The molecule has 2 aliphatic rings. The zero-order valence-corrected chi connectivity index (χ0v) is 16.3. The fourth-order valence-corrected chi connectivity index (χ4v) is 3.86. The molecule has 1 aliphatic heterocycles. The summed E-state index contributed by atoms with van der Waals surface area (Å²) in [6.45, 7) is 7.19. The van der Waals surface area contributed by atoms with Gasteiger partial charge in [0.05, 0.1) is 17.5 Å². The molecular weight excluding hydrogens is 358 g/mol. The molecule has 0 unspecified atom stereocenters. The van der Waals surface area contributed by atoms with Crippen molar-refractivity contribution in [2.45, 2.75) is 26.7 Å². The van der Waals surface area contributed by atoms with E-state index in [-0.39, 0.29) is 11.7 Å². The maximum atomic E-state index is 12.5. The van der Waals surface area contributed by atoms with Crippen LogP contribution in [0, 0.1) is 5.92 Å². The standard InChI is InChI=1S/C20H25N5O3/c1-3-21-18-17-14(11-13(2)12-15(17)26)22-20(23-18)25-8-6-24(7-9-25)19(27)16-5-4-10-28-16/h4-5,10,13H,3,6-9,11-12H2,1-2H3,(H,21,22,23)/t13-/m1/s1. The van der Waals surface area contributed by atoms with Crippen molar-refractivity contribution in [3.63, 3.8) is 0 Å². The van der Waals surface area contributed by atoms with E-state index in [2.05, 4.69) is 22.1 Å². The number of hydrogen-bond acceptors (Lipinski definition) is 7. The molecule has 2 aromatic rings. The highest BCUT2D eigenvalue weighted by molar-refractivity contribution is 6.02. The average molecular weight is 383 g/mol. The summed E-state index contributed by atoms with van der Waals surface area (Å²) in [7, 11) is 0. The van der Waals surface area contributed by atoms with Crippen LogP contribution in [0.4, 0.5) is 11.8 Å². The third-order valence-corrected chi connectivity index (χ3v) is 5.25. The van der Waals surface area contributed by atoms with Crippen LogP contribution in [0.2, 0.25) is 0 Å². The fraction of sp³-hybridized carbons (Fsp3) is 0.500. The Labute approximate surface area is 163 Å². The predicted octanol–water partition coefficient (Wildman–Crippen LogP) is 2.23. The molecule has 0 aromatic carbocycles. The lowest BCUT2D eigenvalue weighted by Gasteiger charge is -2.35. The quantitative estimate of drug-likeness (QED) is 0.865. The van der Waals surface area contributed by atoms with Crippen LogP contribution < -0.4 is 10.2 Å². The Morgan fingerprint density at radius 1 is 1.25 bits per heavy atom. The lowest BCUT2D eigenvalue weighted by molar-refractivity contribution is 0.0713. The molecule has 8 nitrogen and oxygen atoms in total. The Morgan fingerprint density at radius 3 is 2.71 bits per heavy atom. The van der Waals surface area contributed by atoms with Crippen LogP contribution in [-0.4, -0.2) is 59.3 Å². The number of anilines is 2. The molecule has 3 heterocycles. The number of Topliss-reactive ketones (excluding diaryl/α,β-unsaturated/α-hetero) is 1. The van der Waals surface area contributed by atoms with Gasteiger partial charge in [0.15, 0.2) is 11.5 Å². The molecule has 1 N–H and O–H groups in total. The molecule has 0 spiro atoms. The van der Waals surface area contributed by atoms with Gasteiger partial charge in [-0.05, 0) is 31.4 Å². The zero-order chi connectivity index (χ0) is 19.7. The first-order chi connectivity index (χ1) is 13.6. The second-order valence-electron chi connectivity index (χ2n) is 7.42. The van der Waals surface area contributed by atoms with Crippen LogP contribution >= 0.6 is 0 Å². The number of rotatable bonds is 4. The normalized spacial score (nSPS) is 19.5. The lowest BCUT2D eigenvalue weighted by Crippen LogP contribution is -2.49. The molecule has 1 amide bonds. The van der Waals surface area contributed by atoms with Gasteiger partial charge in [0, 0.05) is 39.1 Å². The van der Waals surface area contributed by atoms with Gasteiger partial charge in [-0.1, -0.05) is 6.92 Å². The predicted molar refractivity (Wildman–Crippen MR) is 105 cm³/mol. The van der Waals surface area contributed by atoms with Gasteiger partial charge in [0.1, 0.15) is 5.82 Å². The third-order valence-electron chi connectivity index (χ3n) is 5.25. The number of carbonyl (C=O) groups is 2. The van der Waals surface area contributed by atoms with Gasteiger partial charge in [0.2, 0.25) is 5.95 Å². The van der Waals surface area contributed by atoms with Crippen LogP contribution in [0.1, 0.15) is 46.9 Å². The molecule has 28 heavy (non-hydrogen) atoms. The molecular formula is C20H25N5O3. The van der Waals surface area contributed by atoms with E-state index in [0.29, 0.717) is 68.2 Å². The maximum Gasteiger partial charge on any atom is 0.289 e. The number of amides is 1. The van der Waals surface area contributed by atoms with Crippen molar-refractivity contribution in [2.24, 2.45) is 5.92 Å². The van der Waals surface area contributed by atoms with E-state index < -0.39 is 0 Å². The lowest BCUT2D eigenvalue weighted by atomic mass is 9.87. The minimum absolute atomic E-state index is 0.0937. The third kappa shape index (κ3) is 3.46. The Bertz CT molecular complexity index is 855. The van der Waals surface area contributed by atoms with Crippen molar-refractivity contribution in [3.8, 4) is 0 Å². The number of furan rings is 1. The molecule has 0 bridgehead atoms. The smallest absolute Gasteiger partial charge is 0.289 e. The number of nitrogens with zero attached hydrogens (tertiary/aromatic N) is 4. The number of nitrogens with one attached hydrogen (secondary N) is 1. The molecule has 4 rings (SSSR count). The van der Waals surface area contributed by atoms with Gasteiger partial charge < -0.3 is 19.5 Å². The molecule has 1 fully saturated rings. The van der Waals surface area contributed by atoms with Crippen LogP contribution in [-0.2, 0) is 6.42 Å². The first-order valence-corrected chi connectivity index (χ1v) is 9.82. The molecule has 0 radical (unpaired) electrons. The van der Waals surface area contributed by atoms with Crippen molar-refractivity contribution in [1.29, 1.82) is 0 Å². The summed E-state index contributed by atoms with van der Waals surface area (Å²) in [4.78, 5) is 38.2. The van der Waals surface area contributed by atoms with Crippen molar-refractivity contribution < 1.29 is 14.0 Å². The van der Waals surface area contributed by atoms with Gasteiger partial charge in [-0.15, -0.1) is 0 Å². The van der Waals surface area contributed by atoms with Crippen LogP contribution in [0.25, 0.3) is 0 Å². The molecule has 1 atom stereocenters. The van der Waals surface area contributed by atoms with E-state index in [0.717, 1.165) is 12.1 Å². The molecule has 0 saturated carbocycles. The summed E-state index contributed by atoms with van der Waals surface area (Å²) in [5, 5.41) is 3.23. The Balaban J connectivity index is 1.53. The Morgan fingerprint density at radius 2 is 2.04 bits per heavy atom. The maximum absolute atomic E-state index is 12.5. The number of ketones is 1. The largest absolute Gasteiger partial charge is 0.459 e. The summed E-state index contributed by atoms with van der Waals surface area (Å²) in [5.74, 6) is 1.93. The van der Waals surface area contributed by atoms with E-state index in [9.17, 15) is 9.59 Å². The minimum Gasteiger partial charge on any atom is -0.459 e. The van der Waals surface area contributed by atoms with Crippen LogP contribution in [0.5, 0.6) is 0 Å². The minimum atomic E-state index is -0.0937. The first-order valence-electron chi connectivity index (χ1n) is 9.82. The summed E-state index contributed by atoms with van der Waals surface area (Å²) in [6.07, 6.45) is 2.84. The molecule has 1 saturated heterocycles. The average Bonchev–Trinajstić information content (AvgIpc) is 3.22. The number of hydrogen-bond donors (Lipinski definition) is 1. The monoisotopic (exact) mass is 383 g/mol. The zero-order valence-electron chi connectivity index (χ0n) is 16.3. The van der Waals surface area contributed by atoms with E-state index >= 15 is 0 Å². The van der Waals surface area contributed by atoms with E-state index in [1.807, 2.05) is 6.92 Å². The van der Waals surface area contributed by atoms with Crippen molar-refractivity contribution >= 4 is 23.5 Å². The first kappa shape index (κ1) is 18.5. The highest BCUT2D eigenvalue weighted by atomic mass is 16.3. The van der Waals surface area contributed by atoms with E-state index in [4.69, 9.17) is 9.40 Å². The summed E-state index contributed by atoms with van der Waals surface area (Å²) < 4.78 is 5.22. The SMILES string of the molecule is CCNc1nc(N2CCN(C(=O)c3ccco3)CC2)nc2c1C(=O)C[C@H](C)C2. The Kier molecular flexibility index (Phi) is 5.02. The number of piperazine rings is 1. The van der Waals surface area contributed by atoms with Crippen LogP contribution in [0.3, 0.4) is 0 Å². The highest BCUT2D eigenvalue weighted by Gasteiger charge is 2.30. The summed E-state index contributed by atoms with van der Waals surface area (Å²) in [5.41, 5.74) is 1.48. The number of fused-ring (bicyclic) bond motifs is 1. The molecule has 8 heteroatoms. The summed E-state index contributed by atoms with van der Waals surface area (Å²) >= 11 is 0. The molecule has 148 valence electrons. The molecule has 1 aliphatic carbocycles.